The van der Waals surface area contributed by atoms with Crippen LogP contribution in [0.3, 0.4) is 0 Å². The molecular weight excluding hydrogens is 334 g/mol. The van der Waals surface area contributed by atoms with E-state index >= 15 is 0 Å². The van der Waals surface area contributed by atoms with E-state index in [-0.39, 0.29) is 25.8 Å². The number of esters is 1. The van der Waals surface area contributed by atoms with Gasteiger partial charge < -0.3 is 9.47 Å². The molecule has 0 aliphatic carbocycles. The third kappa shape index (κ3) is 3.92. The van der Waals surface area contributed by atoms with Gasteiger partial charge in [-0.25, -0.2) is 4.31 Å². The van der Waals surface area contributed by atoms with Gasteiger partial charge in [0.2, 0.25) is 0 Å². The first-order valence-corrected chi connectivity index (χ1v) is 8.63. The van der Waals surface area contributed by atoms with Crippen LogP contribution in [0.1, 0.15) is 13.8 Å². The molecule has 0 atom stereocenters. The predicted octanol–water partition coefficient (Wildman–Crippen LogP) is 0.689. The molecule has 0 amide bonds. The van der Waals surface area contributed by atoms with Gasteiger partial charge in [0.25, 0.3) is 5.84 Å². The number of carbonyl (C=O) groups excluding carboxylic acids is 1. The fourth-order valence-electron chi connectivity index (χ4n) is 2.16. The molecule has 0 aromatic heterocycles. The van der Waals surface area contributed by atoms with E-state index in [0.717, 1.165) is 8.29 Å². The van der Waals surface area contributed by atoms with E-state index in [1.54, 1.807) is 43.3 Å². The lowest BCUT2D eigenvalue weighted by Gasteiger charge is -2.27. The van der Waals surface area contributed by atoms with Crippen LogP contribution >= 0.6 is 0 Å². The number of amidine groups is 1. The Bertz CT molecular complexity index is 772. The Kier molecular flexibility index (Phi) is 5.58. The van der Waals surface area contributed by atoms with Crippen LogP contribution in [0.15, 0.2) is 42.1 Å². The summed E-state index contributed by atoms with van der Waals surface area (Å²) in [5, 5.41) is 0. The quantitative estimate of drug-likeness (QED) is 0.458. The van der Waals surface area contributed by atoms with Crippen molar-refractivity contribution in [2.24, 2.45) is 5.73 Å². The monoisotopic (exact) mass is 354 g/mol. The lowest BCUT2D eigenvalue weighted by molar-refractivity contribution is -0.272. The smallest absolute Gasteiger partial charge is 0.406 e. The van der Waals surface area contributed by atoms with Gasteiger partial charge in [-0.1, -0.05) is 22.2 Å². The second-order valence-electron chi connectivity index (χ2n) is 5.04. The Morgan fingerprint density at radius 2 is 1.92 bits per heavy atom. The molecular formula is C15H20N3O5S+. The number of nitrogens with zero attached hydrogens (tertiary/aromatic N) is 2. The Balaban J connectivity index is 2.18. The Morgan fingerprint density at radius 1 is 1.25 bits per heavy atom. The minimum atomic E-state index is -3.92. The molecule has 8 nitrogen and oxygen atoms in total. The number of allylic oxidation sites excluding steroid dienone is 1. The van der Waals surface area contributed by atoms with Crippen molar-refractivity contribution in [2.45, 2.75) is 13.8 Å². The Hall–Kier alpha value is -2.39. The number of ether oxygens (including phenoxy) is 2. The number of para-hydroxylation sites is 1. The van der Waals surface area contributed by atoms with Crippen molar-refractivity contribution in [3.8, 4) is 0 Å². The van der Waals surface area contributed by atoms with Crippen LogP contribution in [0.5, 0.6) is 0 Å². The molecule has 130 valence electrons. The van der Waals surface area contributed by atoms with Crippen molar-refractivity contribution in [3.63, 3.8) is 0 Å². The lowest BCUT2D eigenvalue weighted by atomic mass is 10.3. The summed E-state index contributed by atoms with van der Waals surface area (Å²) in [7, 11) is -3.92. The van der Waals surface area contributed by atoms with Crippen LogP contribution in [0.4, 0.5) is 5.69 Å². The van der Waals surface area contributed by atoms with E-state index in [1.165, 1.54) is 6.92 Å². The molecule has 0 spiro atoms. The van der Waals surface area contributed by atoms with Gasteiger partial charge >= 0.3 is 16.2 Å². The van der Waals surface area contributed by atoms with E-state index in [9.17, 15) is 13.2 Å². The molecule has 1 aliphatic heterocycles. The minimum absolute atomic E-state index is 0.0582. The van der Waals surface area contributed by atoms with Crippen molar-refractivity contribution < 1.29 is 26.7 Å². The molecule has 0 fully saturated rings. The second-order valence-corrected chi connectivity index (χ2v) is 6.75. The summed E-state index contributed by atoms with van der Waals surface area (Å²) in [4.78, 5) is 10.7. The summed E-state index contributed by atoms with van der Waals surface area (Å²) in [6, 6.07) is 8.54. The fourth-order valence-corrected chi connectivity index (χ4v) is 3.69. The molecule has 1 aliphatic rings. The Morgan fingerprint density at radius 3 is 2.54 bits per heavy atom. The van der Waals surface area contributed by atoms with Gasteiger partial charge in [-0.05, 0) is 19.1 Å². The Labute approximate surface area is 141 Å². The third-order valence-electron chi connectivity index (χ3n) is 3.23. The lowest BCUT2D eigenvalue weighted by Crippen LogP contribution is -2.45. The van der Waals surface area contributed by atoms with E-state index in [1.807, 2.05) is 0 Å². The van der Waals surface area contributed by atoms with Crippen LogP contribution in [-0.2, 0) is 24.5 Å². The predicted molar refractivity (Wildman–Crippen MR) is 87.5 cm³/mol. The molecule has 1 aromatic rings. The summed E-state index contributed by atoms with van der Waals surface area (Å²) >= 11 is 0. The van der Waals surface area contributed by atoms with Crippen LogP contribution in [0.2, 0.25) is 0 Å². The molecule has 0 radical (unpaired) electrons. The maximum atomic E-state index is 12.9. The van der Waals surface area contributed by atoms with Gasteiger partial charge in [0.15, 0.2) is 0 Å². The molecule has 2 N–H and O–H groups in total. The molecule has 0 bridgehead atoms. The summed E-state index contributed by atoms with van der Waals surface area (Å²) in [5.41, 5.74) is 6.78. The van der Waals surface area contributed by atoms with E-state index in [0.29, 0.717) is 11.4 Å². The largest absolute Gasteiger partial charge is 0.463 e. The molecule has 0 saturated carbocycles. The first-order valence-electron chi connectivity index (χ1n) is 7.24. The maximum Gasteiger partial charge on any atom is 0.406 e. The van der Waals surface area contributed by atoms with Crippen molar-refractivity contribution >= 4 is 27.7 Å². The van der Waals surface area contributed by atoms with Gasteiger partial charge in [-0.2, -0.15) is 8.42 Å². The van der Waals surface area contributed by atoms with E-state index in [4.69, 9.17) is 15.2 Å². The summed E-state index contributed by atoms with van der Waals surface area (Å²) in [6.07, 6.45) is 1.56. The molecule has 1 heterocycles. The number of rotatable bonds is 6. The first kappa shape index (κ1) is 18.0. The molecule has 1 aromatic carbocycles. The summed E-state index contributed by atoms with van der Waals surface area (Å²) in [6.45, 7) is 2.86. The van der Waals surface area contributed by atoms with Crippen LogP contribution < -0.4 is 5.73 Å². The normalized spacial score (nSPS) is 16.8. The number of hydrogen-bond donors (Lipinski definition) is 1. The molecule has 24 heavy (non-hydrogen) atoms. The van der Waals surface area contributed by atoms with Crippen LogP contribution in [0.25, 0.3) is 0 Å². The molecule has 0 unspecified atom stereocenters. The standard InChI is InChI=1S/C15H19N3O5S/c1-12-10-15(16)18(14-6-4-3-5-7-14)24(20,21)17(12)11-22-8-9-23-13(2)19/h3-7,10,16H,8-9,11H2,1-2H3/p+1. The second kappa shape index (κ2) is 7.45. The molecule has 0 saturated heterocycles. The number of nitrogens with two attached hydrogens (primary N) is 1. The van der Waals surface area contributed by atoms with Crippen molar-refractivity contribution in [1.29, 1.82) is 0 Å². The number of carbonyl (C=O) groups is 1. The van der Waals surface area contributed by atoms with Crippen molar-refractivity contribution in [3.05, 3.63) is 42.1 Å². The maximum absolute atomic E-state index is 12.9. The molecule has 9 heteroatoms. The van der Waals surface area contributed by atoms with Gasteiger partial charge in [-0.15, -0.1) is 0 Å². The number of hydrogen-bond acceptors (Lipinski definition) is 6. The zero-order valence-electron chi connectivity index (χ0n) is 13.5. The number of benzene rings is 1. The van der Waals surface area contributed by atoms with E-state index < -0.39 is 16.2 Å². The van der Waals surface area contributed by atoms with Crippen molar-refractivity contribution in [2.75, 3.05) is 19.9 Å². The molecule has 2 rings (SSSR count). The minimum Gasteiger partial charge on any atom is -0.463 e. The average molecular weight is 354 g/mol. The average Bonchev–Trinajstić information content (AvgIpc) is 2.49. The van der Waals surface area contributed by atoms with Gasteiger partial charge in [0, 0.05) is 18.7 Å². The van der Waals surface area contributed by atoms with Crippen LogP contribution in [0, 0.1) is 0 Å². The zero-order valence-corrected chi connectivity index (χ0v) is 14.3. The highest BCUT2D eigenvalue weighted by atomic mass is 32.2. The van der Waals surface area contributed by atoms with E-state index in [2.05, 4.69) is 0 Å². The van der Waals surface area contributed by atoms with Crippen molar-refractivity contribution in [1.82, 2.24) is 4.31 Å². The van der Waals surface area contributed by atoms with Gasteiger partial charge in [0.05, 0.1) is 6.61 Å². The van der Waals surface area contributed by atoms with Gasteiger partial charge in [-0.3, -0.25) is 10.5 Å². The van der Waals surface area contributed by atoms with Gasteiger partial charge in [0.1, 0.15) is 19.0 Å². The highest BCUT2D eigenvalue weighted by molar-refractivity contribution is 7.83. The summed E-state index contributed by atoms with van der Waals surface area (Å²) < 4.78 is 37.9. The zero-order chi connectivity index (χ0) is 17.7. The summed E-state index contributed by atoms with van der Waals surface area (Å²) in [5.74, 6) is -0.312. The first-order chi connectivity index (χ1) is 11.3. The highest BCUT2D eigenvalue weighted by Crippen LogP contribution is 2.24. The topological polar surface area (TPSA) is 102 Å². The SMILES string of the molecule is CC(=O)OCCOCN1C(C)=CC(N)=[N+](c2ccccc2)S1(=O)=O. The third-order valence-corrected chi connectivity index (χ3v) is 5.06. The fraction of sp³-hybridized carbons (Fsp3) is 0.333. The van der Waals surface area contributed by atoms with Crippen LogP contribution in [-0.4, -0.2) is 48.5 Å². The highest BCUT2D eigenvalue weighted by Gasteiger charge is 2.37.